The van der Waals surface area contributed by atoms with E-state index in [2.05, 4.69) is 0 Å². The highest BCUT2D eigenvalue weighted by atomic mass is 19.4. The normalized spacial score (nSPS) is 14.5. The Morgan fingerprint density at radius 2 is 1.84 bits per heavy atom. The summed E-state index contributed by atoms with van der Waals surface area (Å²) in [5.41, 5.74) is 4.06. The molecule has 0 spiro atoms. The van der Waals surface area contributed by atoms with E-state index >= 15 is 0 Å². The molecule has 3 N–H and O–H groups in total. The third kappa shape index (κ3) is 3.91. The molecule has 0 amide bonds. The van der Waals surface area contributed by atoms with Gasteiger partial charge in [-0.1, -0.05) is 6.07 Å². The second kappa shape index (κ2) is 5.46. The number of benzene rings is 1. The Hall–Kier alpha value is -1.14. The lowest BCUT2D eigenvalue weighted by molar-refractivity contribution is -0.140. The Balaban J connectivity index is 3.26. The first kappa shape index (κ1) is 15.9. The van der Waals surface area contributed by atoms with Crippen LogP contribution in [0.15, 0.2) is 18.2 Å². The first-order valence-corrected chi connectivity index (χ1v) is 5.83. The van der Waals surface area contributed by atoms with Crippen molar-refractivity contribution in [2.75, 3.05) is 6.61 Å². The summed E-state index contributed by atoms with van der Waals surface area (Å²) in [5, 5.41) is 8.99. The van der Waals surface area contributed by atoms with Gasteiger partial charge >= 0.3 is 6.18 Å². The molecule has 108 valence electrons. The number of rotatable bonds is 4. The molecule has 1 rings (SSSR count). The maximum atomic E-state index is 13.2. The standard InChI is InChI=1S/C13H17F4NO/c1-12(2,18)9(5-6-19)8-3-4-11(14)10(7-8)13(15,16)17/h3-4,7,9,19H,5-6,18H2,1-2H3. The van der Waals surface area contributed by atoms with E-state index in [1.807, 2.05) is 0 Å². The van der Waals surface area contributed by atoms with Gasteiger partial charge in [-0.3, -0.25) is 0 Å². The summed E-state index contributed by atoms with van der Waals surface area (Å²) < 4.78 is 51.2. The van der Waals surface area contributed by atoms with E-state index in [0.29, 0.717) is 0 Å². The number of hydrogen-bond acceptors (Lipinski definition) is 2. The Morgan fingerprint density at radius 3 is 2.26 bits per heavy atom. The smallest absolute Gasteiger partial charge is 0.396 e. The lowest BCUT2D eigenvalue weighted by atomic mass is 9.80. The van der Waals surface area contributed by atoms with Crippen molar-refractivity contribution in [3.63, 3.8) is 0 Å². The van der Waals surface area contributed by atoms with E-state index in [9.17, 15) is 17.6 Å². The van der Waals surface area contributed by atoms with Crippen molar-refractivity contribution in [1.29, 1.82) is 0 Å². The van der Waals surface area contributed by atoms with Crippen molar-refractivity contribution in [1.82, 2.24) is 0 Å². The summed E-state index contributed by atoms with van der Waals surface area (Å²) in [6.45, 7) is 3.11. The van der Waals surface area contributed by atoms with E-state index in [1.54, 1.807) is 13.8 Å². The molecule has 0 saturated heterocycles. The molecular weight excluding hydrogens is 262 g/mol. The number of alkyl halides is 3. The average Bonchev–Trinajstić information content (AvgIpc) is 2.24. The summed E-state index contributed by atoms with van der Waals surface area (Å²) in [5.74, 6) is -1.80. The average molecular weight is 279 g/mol. The van der Waals surface area contributed by atoms with Gasteiger partial charge in [0.05, 0.1) is 5.56 Å². The molecule has 1 unspecified atom stereocenters. The zero-order valence-electron chi connectivity index (χ0n) is 10.8. The number of halogens is 4. The lowest BCUT2D eigenvalue weighted by Crippen LogP contribution is -2.39. The largest absolute Gasteiger partial charge is 0.419 e. The Bertz CT molecular complexity index is 437. The summed E-state index contributed by atoms with van der Waals surface area (Å²) in [6, 6.07) is 2.83. The van der Waals surface area contributed by atoms with Crippen LogP contribution in [-0.2, 0) is 6.18 Å². The number of aliphatic hydroxyl groups is 1. The van der Waals surface area contributed by atoms with Crippen LogP contribution >= 0.6 is 0 Å². The van der Waals surface area contributed by atoms with Crippen molar-refractivity contribution < 1.29 is 22.7 Å². The third-order valence-electron chi connectivity index (χ3n) is 3.01. The SMILES string of the molecule is CC(C)(N)C(CCO)c1ccc(F)c(C(F)(F)F)c1. The van der Waals surface area contributed by atoms with Gasteiger partial charge in [-0.2, -0.15) is 13.2 Å². The maximum Gasteiger partial charge on any atom is 0.419 e. The molecular formula is C13H17F4NO. The molecule has 2 nitrogen and oxygen atoms in total. The molecule has 0 radical (unpaired) electrons. The quantitative estimate of drug-likeness (QED) is 0.832. The second-order valence-corrected chi connectivity index (χ2v) is 5.12. The molecule has 0 aliphatic carbocycles. The monoisotopic (exact) mass is 279 g/mol. The predicted molar refractivity (Wildman–Crippen MR) is 64.1 cm³/mol. The van der Waals surface area contributed by atoms with E-state index in [4.69, 9.17) is 10.8 Å². The number of aliphatic hydroxyl groups excluding tert-OH is 1. The molecule has 0 aliphatic heterocycles. The fraction of sp³-hybridized carbons (Fsp3) is 0.538. The van der Waals surface area contributed by atoms with E-state index in [1.165, 1.54) is 6.07 Å². The van der Waals surface area contributed by atoms with Crippen LogP contribution in [0.4, 0.5) is 17.6 Å². The van der Waals surface area contributed by atoms with E-state index in [0.717, 1.165) is 12.1 Å². The fourth-order valence-corrected chi connectivity index (χ4v) is 2.07. The van der Waals surface area contributed by atoms with Gasteiger partial charge < -0.3 is 10.8 Å². The minimum atomic E-state index is -4.75. The van der Waals surface area contributed by atoms with Gasteiger partial charge in [0.2, 0.25) is 0 Å². The van der Waals surface area contributed by atoms with E-state index < -0.39 is 29.0 Å². The van der Waals surface area contributed by atoms with Crippen LogP contribution in [0, 0.1) is 5.82 Å². The first-order chi connectivity index (χ1) is 8.57. The van der Waals surface area contributed by atoms with Gasteiger partial charge in [-0.05, 0) is 38.0 Å². The van der Waals surface area contributed by atoms with Crippen LogP contribution < -0.4 is 5.73 Å². The molecule has 0 heterocycles. The first-order valence-electron chi connectivity index (χ1n) is 5.83. The molecule has 19 heavy (non-hydrogen) atoms. The minimum absolute atomic E-state index is 0.204. The topological polar surface area (TPSA) is 46.2 Å². The van der Waals surface area contributed by atoms with Crippen molar-refractivity contribution in [2.45, 2.75) is 37.9 Å². The van der Waals surface area contributed by atoms with Crippen molar-refractivity contribution in [2.24, 2.45) is 5.73 Å². The zero-order chi connectivity index (χ0) is 14.8. The summed E-state index contributed by atoms with van der Waals surface area (Å²) in [6.07, 6.45) is -4.53. The van der Waals surface area contributed by atoms with Crippen molar-refractivity contribution in [3.8, 4) is 0 Å². The molecule has 0 saturated carbocycles. The van der Waals surface area contributed by atoms with Crippen LogP contribution in [0.3, 0.4) is 0 Å². The highest BCUT2D eigenvalue weighted by Crippen LogP contribution is 2.36. The highest BCUT2D eigenvalue weighted by molar-refractivity contribution is 5.31. The van der Waals surface area contributed by atoms with Gasteiger partial charge in [0, 0.05) is 18.1 Å². The predicted octanol–water partition coefficient (Wildman–Crippen LogP) is 3.05. The lowest BCUT2D eigenvalue weighted by Gasteiger charge is -2.31. The molecule has 6 heteroatoms. The zero-order valence-corrected chi connectivity index (χ0v) is 10.8. The van der Waals surface area contributed by atoms with Crippen molar-refractivity contribution in [3.05, 3.63) is 35.1 Å². The summed E-state index contributed by atoms with van der Waals surface area (Å²) in [7, 11) is 0. The van der Waals surface area contributed by atoms with Gasteiger partial charge in [-0.25, -0.2) is 4.39 Å². The fourth-order valence-electron chi connectivity index (χ4n) is 2.07. The molecule has 1 atom stereocenters. The molecule has 1 aromatic rings. The van der Waals surface area contributed by atoms with Crippen LogP contribution in [0.5, 0.6) is 0 Å². The van der Waals surface area contributed by atoms with Gasteiger partial charge in [0.1, 0.15) is 5.82 Å². The Labute approximate surface area is 109 Å². The summed E-state index contributed by atoms with van der Waals surface area (Å²) in [4.78, 5) is 0. The Morgan fingerprint density at radius 1 is 1.26 bits per heavy atom. The van der Waals surface area contributed by atoms with Crippen LogP contribution in [-0.4, -0.2) is 17.3 Å². The van der Waals surface area contributed by atoms with Crippen LogP contribution in [0.1, 0.15) is 37.3 Å². The van der Waals surface area contributed by atoms with Gasteiger partial charge in [-0.15, -0.1) is 0 Å². The molecule has 0 bridgehead atoms. The van der Waals surface area contributed by atoms with Gasteiger partial charge in [0.15, 0.2) is 0 Å². The summed E-state index contributed by atoms with van der Waals surface area (Å²) >= 11 is 0. The maximum absolute atomic E-state index is 13.2. The van der Waals surface area contributed by atoms with Gasteiger partial charge in [0.25, 0.3) is 0 Å². The molecule has 0 aromatic heterocycles. The third-order valence-corrected chi connectivity index (χ3v) is 3.01. The van der Waals surface area contributed by atoms with Crippen LogP contribution in [0.25, 0.3) is 0 Å². The Kier molecular flexibility index (Phi) is 4.58. The second-order valence-electron chi connectivity index (χ2n) is 5.12. The highest BCUT2D eigenvalue weighted by Gasteiger charge is 2.36. The van der Waals surface area contributed by atoms with E-state index in [-0.39, 0.29) is 18.6 Å². The molecule has 0 aliphatic rings. The number of nitrogens with two attached hydrogens (primary N) is 1. The number of hydrogen-bond donors (Lipinski definition) is 2. The minimum Gasteiger partial charge on any atom is -0.396 e. The molecule has 1 aromatic carbocycles. The molecule has 0 fully saturated rings. The van der Waals surface area contributed by atoms with Crippen LogP contribution in [0.2, 0.25) is 0 Å². The van der Waals surface area contributed by atoms with Crippen molar-refractivity contribution >= 4 is 0 Å².